The van der Waals surface area contributed by atoms with Crippen molar-refractivity contribution in [1.29, 1.82) is 5.26 Å². The number of nitrogens with zero attached hydrogens (tertiary/aromatic N) is 1. The highest BCUT2D eigenvalue weighted by molar-refractivity contribution is 5.66. The summed E-state index contributed by atoms with van der Waals surface area (Å²) >= 11 is 0. The first kappa shape index (κ1) is 17.4. The molecule has 0 fully saturated rings. The van der Waals surface area contributed by atoms with Crippen LogP contribution in [0.1, 0.15) is 36.6 Å². The van der Waals surface area contributed by atoms with Crippen LogP contribution in [0.3, 0.4) is 0 Å². The zero-order valence-electron chi connectivity index (χ0n) is 13.9. The van der Waals surface area contributed by atoms with Gasteiger partial charge in [-0.1, -0.05) is 13.0 Å². The molecule has 0 saturated heterocycles. The number of rotatable bonds is 6. The van der Waals surface area contributed by atoms with Crippen molar-refractivity contribution in [3.8, 4) is 6.07 Å². The molecule has 3 N–H and O–H groups in total. The van der Waals surface area contributed by atoms with Gasteiger partial charge in [0.05, 0.1) is 17.7 Å². The molecule has 0 saturated carbocycles. The Balaban J connectivity index is 2.28. The zero-order valence-corrected chi connectivity index (χ0v) is 13.9. The number of esters is 1. The fraction of sp³-hybridized carbons (Fsp3) is 0.263. The van der Waals surface area contributed by atoms with Gasteiger partial charge in [0.25, 0.3) is 0 Å². The minimum Gasteiger partial charge on any atom is -0.463 e. The second-order valence-electron chi connectivity index (χ2n) is 5.55. The second-order valence-corrected chi connectivity index (χ2v) is 5.55. The summed E-state index contributed by atoms with van der Waals surface area (Å²) in [5.74, 6) is -0.332. The summed E-state index contributed by atoms with van der Waals surface area (Å²) < 4.78 is 5.19. The van der Waals surface area contributed by atoms with Gasteiger partial charge in [0.1, 0.15) is 6.61 Å². The largest absolute Gasteiger partial charge is 0.463 e. The van der Waals surface area contributed by atoms with E-state index in [0.29, 0.717) is 11.3 Å². The molecule has 0 aliphatic rings. The Morgan fingerprint density at radius 2 is 2.00 bits per heavy atom. The third-order valence-corrected chi connectivity index (χ3v) is 3.66. The minimum atomic E-state index is -0.332. The van der Waals surface area contributed by atoms with E-state index in [-0.39, 0.29) is 18.6 Å². The molecule has 2 aromatic carbocycles. The predicted octanol–water partition coefficient (Wildman–Crippen LogP) is 3.42. The molecule has 2 aromatic rings. The van der Waals surface area contributed by atoms with Gasteiger partial charge in [0, 0.05) is 18.3 Å². The molecule has 0 bridgehead atoms. The molecule has 1 atom stereocenters. The predicted molar refractivity (Wildman–Crippen MR) is 94.4 cm³/mol. The summed E-state index contributed by atoms with van der Waals surface area (Å²) in [4.78, 5) is 11.2. The Bertz CT molecular complexity index is 748. The highest BCUT2D eigenvalue weighted by Gasteiger charge is 2.15. The smallest absolute Gasteiger partial charge is 0.302 e. The van der Waals surface area contributed by atoms with Gasteiger partial charge in [-0.25, -0.2) is 0 Å². The second kappa shape index (κ2) is 8.02. The molecule has 0 amide bonds. The quantitative estimate of drug-likeness (QED) is 0.628. The van der Waals surface area contributed by atoms with Crippen molar-refractivity contribution in [1.82, 2.24) is 0 Å². The van der Waals surface area contributed by atoms with E-state index in [0.717, 1.165) is 23.2 Å². The number of aryl methyl sites for hydroxylation is 1. The van der Waals surface area contributed by atoms with Crippen LogP contribution in [0, 0.1) is 11.3 Å². The standard InChI is InChI=1S/C19H21N3O2/c1-3-14-8-16(10-17(21)9-14)19(12-24-13(2)23)22-18-6-4-15(11-20)5-7-18/h4-10,19,22H,3,12,21H2,1-2H3. The highest BCUT2D eigenvalue weighted by atomic mass is 16.5. The van der Waals surface area contributed by atoms with Crippen LogP contribution in [0.2, 0.25) is 0 Å². The normalized spacial score (nSPS) is 11.4. The molecule has 1 unspecified atom stereocenters. The molecular formula is C19H21N3O2. The lowest BCUT2D eigenvalue weighted by atomic mass is 10.0. The summed E-state index contributed by atoms with van der Waals surface area (Å²) in [6.45, 7) is 3.64. The first-order chi connectivity index (χ1) is 11.5. The van der Waals surface area contributed by atoms with Crippen molar-refractivity contribution in [2.24, 2.45) is 0 Å². The van der Waals surface area contributed by atoms with Crippen molar-refractivity contribution in [2.45, 2.75) is 26.3 Å². The number of nitrogens with two attached hydrogens (primary N) is 1. The molecule has 0 aliphatic carbocycles. The first-order valence-electron chi connectivity index (χ1n) is 7.81. The lowest BCUT2D eigenvalue weighted by Gasteiger charge is -2.21. The number of nitriles is 1. The molecule has 5 heteroatoms. The van der Waals surface area contributed by atoms with Crippen LogP contribution in [0.5, 0.6) is 0 Å². The van der Waals surface area contributed by atoms with Crippen molar-refractivity contribution in [3.63, 3.8) is 0 Å². The van der Waals surface area contributed by atoms with Gasteiger partial charge in [-0.3, -0.25) is 4.79 Å². The summed E-state index contributed by atoms with van der Waals surface area (Å²) in [5, 5.41) is 12.2. The molecule has 0 spiro atoms. The molecule has 0 heterocycles. The van der Waals surface area contributed by atoms with E-state index < -0.39 is 0 Å². The van der Waals surface area contributed by atoms with Crippen LogP contribution in [0.25, 0.3) is 0 Å². The van der Waals surface area contributed by atoms with Crippen LogP contribution < -0.4 is 11.1 Å². The van der Waals surface area contributed by atoms with Crippen LogP contribution in [0.15, 0.2) is 42.5 Å². The Morgan fingerprint density at radius 3 is 2.58 bits per heavy atom. The molecule has 0 radical (unpaired) electrons. The van der Waals surface area contributed by atoms with Gasteiger partial charge in [0.15, 0.2) is 0 Å². The van der Waals surface area contributed by atoms with E-state index in [1.165, 1.54) is 6.92 Å². The average molecular weight is 323 g/mol. The van der Waals surface area contributed by atoms with Gasteiger partial charge in [-0.05, 0) is 53.9 Å². The van der Waals surface area contributed by atoms with Gasteiger partial charge in [-0.2, -0.15) is 5.26 Å². The molecule has 2 rings (SSSR count). The molecule has 5 nitrogen and oxygen atoms in total. The number of hydrogen-bond acceptors (Lipinski definition) is 5. The fourth-order valence-corrected chi connectivity index (χ4v) is 2.41. The van der Waals surface area contributed by atoms with Crippen molar-refractivity contribution >= 4 is 17.3 Å². The van der Waals surface area contributed by atoms with Gasteiger partial charge in [-0.15, -0.1) is 0 Å². The lowest BCUT2D eigenvalue weighted by molar-refractivity contribution is -0.141. The third kappa shape index (κ3) is 4.75. The van der Waals surface area contributed by atoms with E-state index in [4.69, 9.17) is 15.7 Å². The van der Waals surface area contributed by atoms with Crippen molar-refractivity contribution < 1.29 is 9.53 Å². The van der Waals surface area contributed by atoms with E-state index in [1.54, 1.807) is 12.1 Å². The van der Waals surface area contributed by atoms with E-state index in [9.17, 15) is 4.79 Å². The molecule has 0 aliphatic heterocycles. The van der Waals surface area contributed by atoms with Gasteiger partial charge < -0.3 is 15.8 Å². The van der Waals surface area contributed by atoms with E-state index in [1.807, 2.05) is 24.3 Å². The van der Waals surface area contributed by atoms with E-state index in [2.05, 4.69) is 24.4 Å². The molecule has 0 aromatic heterocycles. The summed E-state index contributed by atoms with van der Waals surface area (Å²) in [6, 6.07) is 14.9. The average Bonchev–Trinajstić information content (AvgIpc) is 2.58. The first-order valence-corrected chi connectivity index (χ1v) is 7.81. The topological polar surface area (TPSA) is 88.1 Å². The Morgan fingerprint density at radius 1 is 1.29 bits per heavy atom. The summed E-state index contributed by atoms with van der Waals surface area (Å²) in [6.07, 6.45) is 0.870. The number of nitrogens with one attached hydrogen (secondary N) is 1. The minimum absolute atomic E-state index is 0.196. The Hall–Kier alpha value is -3.00. The Kier molecular flexibility index (Phi) is 5.80. The zero-order chi connectivity index (χ0) is 17.5. The SMILES string of the molecule is CCc1cc(N)cc(C(COC(C)=O)Nc2ccc(C#N)cc2)c1. The number of benzene rings is 2. The number of ether oxygens (including phenoxy) is 1. The van der Waals surface area contributed by atoms with Crippen LogP contribution in [0.4, 0.5) is 11.4 Å². The summed E-state index contributed by atoms with van der Waals surface area (Å²) in [7, 11) is 0. The van der Waals surface area contributed by atoms with E-state index >= 15 is 0 Å². The monoisotopic (exact) mass is 323 g/mol. The lowest BCUT2D eigenvalue weighted by Crippen LogP contribution is -2.19. The number of carbonyl (C=O) groups is 1. The van der Waals surface area contributed by atoms with Gasteiger partial charge in [0.2, 0.25) is 0 Å². The number of carbonyl (C=O) groups excluding carboxylic acids is 1. The van der Waals surface area contributed by atoms with Crippen molar-refractivity contribution in [2.75, 3.05) is 17.7 Å². The van der Waals surface area contributed by atoms with Gasteiger partial charge >= 0.3 is 5.97 Å². The molecular weight excluding hydrogens is 302 g/mol. The van der Waals surface area contributed by atoms with Crippen molar-refractivity contribution in [3.05, 3.63) is 59.2 Å². The third-order valence-electron chi connectivity index (χ3n) is 3.66. The van der Waals surface area contributed by atoms with Crippen LogP contribution >= 0.6 is 0 Å². The molecule has 24 heavy (non-hydrogen) atoms. The maximum atomic E-state index is 11.2. The molecule has 124 valence electrons. The maximum Gasteiger partial charge on any atom is 0.302 e. The summed E-state index contributed by atoms with van der Waals surface area (Å²) in [5.41, 5.74) is 10.2. The maximum absolute atomic E-state index is 11.2. The Labute approximate surface area is 142 Å². The van der Waals surface area contributed by atoms with Crippen LogP contribution in [-0.2, 0) is 16.0 Å². The fourth-order valence-electron chi connectivity index (χ4n) is 2.41. The number of hydrogen-bond donors (Lipinski definition) is 2. The number of anilines is 2. The van der Waals surface area contributed by atoms with Crippen LogP contribution in [-0.4, -0.2) is 12.6 Å². The number of nitrogen functional groups attached to an aromatic ring is 1. The highest BCUT2D eigenvalue weighted by Crippen LogP contribution is 2.24.